The number of hydrogen-bond acceptors (Lipinski definition) is 5. The lowest BCUT2D eigenvalue weighted by atomic mass is 10.0. The third kappa shape index (κ3) is 2.93. The van der Waals surface area contributed by atoms with Gasteiger partial charge in [0.05, 0.1) is 0 Å². The van der Waals surface area contributed by atoms with Gasteiger partial charge in [-0.1, -0.05) is 12.1 Å². The standard InChI is InChI=1S/C21H26N4O3/c1-24(10-17-14-7-22-8-15(14)17)9-12-3-2-4-13-16(12)11-25(21(13)28)18-5-6-19(26)23-20(18)27/h2-4,14-15,17-18,22H,5-11H2,1H3,(H,23,26,27)/t14-,15+,17?,18?. The van der Waals surface area contributed by atoms with Gasteiger partial charge < -0.3 is 15.1 Å². The Morgan fingerprint density at radius 1 is 1.18 bits per heavy atom. The molecule has 1 aromatic rings. The predicted molar refractivity (Wildman–Crippen MR) is 102 cm³/mol. The van der Waals surface area contributed by atoms with Gasteiger partial charge in [0.1, 0.15) is 6.04 Å². The maximum absolute atomic E-state index is 12.9. The number of nitrogens with one attached hydrogen (secondary N) is 2. The third-order valence-corrected chi connectivity index (χ3v) is 6.91. The van der Waals surface area contributed by atoms with Crippen molar-refractivity contribution in [1.82, 2.24) is 20.4 Å². The number of carbonyl (C=O) groups is 3. The molecule has 2 N–H and O–H groups in total. The van der Waals surface area contributed by atoms with Crippen LogP contribution in [0.2, 0.25) is 0 Å². The maximum atomic E-state index is 12.9. The van der Waals surface area contributed by atoms with Gasteiger partial charge in [0.25, 0.3) is 5.91 Å². The van der Waals surface area contributed by atoms with E-state index in [1.54, 1.807) is 4.90 Å². The molecular formula is C21H26N4O3. The molecule has 1 aliphatic carbocycles. The number of nitrogens with zero attached hydrogens (tertiary/aromatic N) is 2. The predicted octanol–water partition coefficient (Wildman–Crippen LogP) is 0.345. The van der Waals surface area contributed by atoms with Crippen LogP contribution in [-0.4, -0.2) is 60.2 Å². The number of carbonyl (C=O) groups excluding carboxylic acids is 3. The number of imide groups is 1. The topological polar surface area (TPSA) is 81.8 Å². The molecule has 3 heterocycles. The molecule has 4 atom stereocenters. The summed E-state index contributed by atoms with van der Waals surface area (Å²) in [6, 6.07) is 5.32. The number of benzene rings is 1. The highest BCUT2D eigenvalue weighted by Gasteiger charge is 2.52. The van der Waals surface area contributed by atoms with E-state index in [1.165, 1.54) is 0 Å². The number of rotatable bonds is 5. The molecule has 1 aromatic carbocycles. The van der Waals surface area contributed by atoms with E-state index in [9.17, 15) is 14.4 Å². The van der Waals surface area contributed by atoms with Crippen molar-refractivity contribution in [3.8, 4) is 0 Å². The van der Waals surface area contributed by atoms with Crippen LogP contribution in [-0.2, 0) is 22.7 Å². The molecule has 148 valence electrons. The monoisotopic (exact) mass is 382 g/mol. The van der Waals surface area contributed by atoms with Crippen molar-refractivity contribution in [3.63, 3.8) is 0 Å². The summed E-state index contributed by atoms with van der Waals surface area (Å²) in [6.07, 6.45) is 0.683. The first-order chi connectivity index (χ1) is 13.5. The van der Waals surface area contributed by atoms with Crippen LogP contribution in [0.5, 0.6) is 0 Å². The fourth-order valence-corrected chi connectivity index (χ4v) is 5.33. The van der Waals surface area contributed by atoms with Gasteiger partial charge in [-0.3, -0.25) is 19.7 Å². The molecule has 0 radical (unpaired) electrons. The average Bonchev–Trinajstić information content (AvgIpc) is 2.99. The number of hydrogen-bond donors (Lipinski definition) is 2. The molecule has 0 bridgehead atoms. The molecule has 4 aliphatic rings. The molecule has 28 heavy (non-hydrogen) atoms. The number of amides is 3. The Bertz CT molecular complexity index is 844. The SMILES string of the molecule is CN(Cc1cccc2c1CN(C1CCC(=O)NC1=O)C2=O)CC1[C@H]2CNC[C@@H]12. The zero-order valence-corrected chi connectivity index (χ0v) is 16.1. The summed E-state index contributed by atoms with van der Waals surface area (Å²) < 4.78 is 0. The molecule has 3 aliphatic heterocycles. The Balaban J connectivity index is 1.29. The average molecular weight is 382 g/mol. The summed E-state index contributed by atoms with van der Waals surface area (Å²) in [6.45, 7) is 4.65. The van der Waals surface area contributed by atoms with Crippen molar-refractivity contribution in [2.75, 3.05) is 26.7 Å². The molecule has 5 rings (SSSR count). The summed E-state index contributed by atoms with van der Waals surface area (Å²) in [4.78, 5) is 40.6. The van der Waals surface area contributed by atoms with Gasteiger partial charge in [0, 0.05) is 31.6 Å². The van der Waals surface area contributed by atoms with Crippen LogP contribution < -0.4 is 10.6 Å². The van der Waals surface area contributed by atoms with Crippen LogP contribution >= 0.6 is 0 Å². The van der Waals surface area contributed by atoms with E-state index >= 15 is 0 Å². The summed E-state index contributed by atoms with van der Waals surface area (Å²) >= 11 is 0. The van der Waals surface area contributed by atoms with Crippen LogP contribution in [0.3, 0.4) is 0 Å². The van der Waals surface area contributed by atoms with Crippen molar-refractivity contribution < 1.29 is 14.4 Å². The first kappa shape index (κ1) is 17.8. The molecule has 7 heteroatoms. The Labute approximate surface area is 164 Å². The van der Waals surface area contributed by atoms with E-state index in [2.05, 4.69) is 28.6 Å². The Morgan fingerprint density at radius 2 is 1.96 bits per heavy atom. The van der Waals surface area contributed by atoms with Crippen LogP contribution in [0.25, 0.3) is 0 Å². The highest BCUT2D eigenvalue weighted by Crippen LogP contribution is 2.48. The van der Waals surface area contributed by atoms with Gasteiger partial charge in [-0.15, -0.1) is 0 Å². The van der Waals surface area contributed by atoms with Crippen molar-refractivity contribution in [3.05, 3.63) is 34.9 Å². The minimum Gasteiger partial charge on any atom is -0.322 e. The third-order valence-electron chi connectivity index (χ3n) is 6.91. The molecule has 3 amide bonds. The van der Waals surface area contributed by atoms with Crippen molar-refractivity contribution in [2.24, 2.45) is 17.8 Å². The van der Waals surface area contributed by atoms with Crippen molar-refractivity contribution in [2.45, 2.75) is 32.0 Å². The smallest absolute Gasteiger partial charge is 0.255 e. The number of piperidine rings is 2. The second-order valence-corrected chi connectivity index (χ2v) is 8.69. The minimum atomic E-state index is -0.554. The Kier molecular flexibility index (Phi) is 4.25. The second-order valence-electron chi connectivity index (χ2n) is 8.69. The molecule has 7 nitrogen and oxygen atoms in total. The van der Waals surface area contributed by atoms with Gasteiger partial charge in [-0.25, -0.2) is 0 Å². The van der Waals surface area contributed by atoms with E-state index in [4.69, 9.17) is 0 Å². The van der Waals surface area contributed by atoms with Crippen LogP contribution in [0, 0.1) is 17.8 Å². The highest BCUT2D eigenvalue weighted by molar-refractivity contribution is 6.05. The molecule has 0 aromatic heterocycles. The minimum absolute atomic E-state index is 0.100. The van der Waals surface area contributed by atoms with Gasteiger partial charge in [0.15, 0.2) is 0 Å². The summed E-state index contributed by atoms with van der Waals surface area (Å²) in [5.41, 5.74) is 2.89. The van der Waals surface area contributed by atoms with Gasteiger partial charge in [-0.2, -0.15) is 0 Å². The first-order valence-corrected chi connectivity index (χ1v) is 10.2. The van der Waals surface area contributed by atoms with Gasteiger partial charge >= 0.3 is 0 Å². The van der Waals surface area contributed by atoms with Gasteiger partial charge in [0.2, 0.25) is 11.8 Å². The number of fused-ring (bicyclic) bond motifs is 2. The molecular weight excluding hydrogens is 356 g/mol. The lowest BCUT2D eigenvalue weighted by molar-refractivity contribution is -0.136. The quantitative estimate of drug-likeness (QED) is 0.718. The zero-order chi connectivity index (χ0) is 19.4. The molecule has 1 saturated carbocycles. The van der Waals surface area contributed by atoms with E-state index < -0.39 is 6.04 Å². The molecule has 2 unspecified atom stereocenters. The van der Waals surface area contributed by atoms with E-state index in [-0.39, 0.29) is 24.1 Å². The fourth-order valence-electron chi connectivity index (χ4n) is 5.33. The molecule has 3 fully saturated rings. The summed E-state index contributed by atoms with van der Waals surface area (Å²) in [5.74, 6) is 1.77. The lowest BCUT2D eigenvalue weighted by Gasteiger charge is -2.29. The maximum Gasteiger partial charge on any atom is 0.255 e. The van der Waals surface area contributed by atoms with E-state index in [0.717, 1.165) is 55.1 Å². The van der Waals surface area contributed by atoms with Crippen LogP contribution in [0.1, 0.15) is 34.3 Å². The van der Waals surface area contributed by atoms with Crippen LogP contribution in [0.4, 0.5) is 0 Å². The zero-order valence-electron chi connectivity index (χ0n) is 16.1. The highest BCUT2D eigenvalue weighted by atomic mass is 16.2. The molecule has 0 spiro atoms. The summed E-state index contributed by atoms with van der Waals surface area (Å²) in [5, 5.41) is 5.80. The fraction of sp³-hybridized carbons (Fsp3) is 0.571. The van der Waals surface area contributed by atoms with E-state index in [1.807, 2.05) is 12.1 Å². The lowest BCUT2D eigenvalue weighted by Crippen LogP contribution is -2.52. The summed E-state index contributed by atoms with van der Waals surface area (Å²) in [7, 11) is 2.15. The van der Waals surface area contributed by atoms with Gasteiger partial charge in [-0.05, 0) is 61.5 Å². The van der Waals surface area contributed by atoms with E-state index in [0.29, 0.717) is 18.5 Å². The molecule has 2 saturated heterocycles. The first-order valence-electron chi connectivity index (χ1n) is 10.2. The van der Waals surface area contributed by atoms with Crippen molar-refractivity contribution >= 4 is 17.7 Å². The Hall–Kier alpha value is -2.25. The normalized spacial score (nSPS) is 31.2. The van der Waals surface area contributed by atoms with Crippen LogP contribution in [0.15, 0.2) is 18.2 Å². The Morgan fingerprint density at radius 3 is 2.71 bits per heavy atom. The second kappa shape index (κ2) is 6.67. The largest absolute Gasteiger partial charge is 0.322 e. The van der Waals surface area contributed by atoms with Crippen molar-refractivity contribution in [1.29, 1.82) is 0 Å².